The third kappa shape index (κ3) is 3.80. The summed E-state index contributed by atoms with van der Waals surface area (Å²) < 4.78 is 5.06. The second-order valence-corrected chi connectivity index (χ2v) is 5.54. The first-order valence-corrected chi connectivity index (χ1v) is 6.83. The Labute approximate surface area is 153 Å². The summed E-state index contributed by atoms with van der Waals surface area (Å²) in [7, 11) is 1.46. The van der Waals surface area contributed by atoms with Crippen molar-refractivity contribution >= 4 is 63.5 Å². The number of carboxylic acids is 1. The molecule has 8 heteroatoms. The maximum Gasteiger partial charge on any atom is 0.338 e. The number of rotatable bonds is 4. The topological polar surface area (TPSA) is 102 Å². The summed E-state index contributed by atoms with van der Waals surface area (Å²) in [5, 5.41) is 12.0. The number of carboxylic acid groups (broad SMARTS) is 1. The smallest absolute Gasteiger partial charge is 0.338 e. The predicted molar refractivity (Wildman–Crippen MR) is 87.1 cm³/mol. The fourth-order valence-electron chi connectivity index (χ4n) is 1.86. The Balaban J connectivity index is 0.00000242. The van der Waals surface area contributed by atoms with Gasteiger partial charge in [-0.1, -0.05) is 6.07 Å². The Kier molecular flexibility index (Phi) is 6.43. The maximum atomic E-state index is 12.3. The van der Waals surface area contributed by atoms with Crippen LogP contribution in [0.1, 0.15) is 25.6 Å². The molecule has 0 atom stereocenters. The molecule has 0 saturated heterocycles. The van der Waals surface area contributed by atoms with Crippen molar-refractivity contribution in [2.45, 2.75) is 6.92 Å². The van der Waals surface area contributed by atoms with E-state index in [0.717, 1.165) is 4.88 Å². The van der Waals surface area contributed by atoms with Crippen LogP contribution in [0.4, 0.5) is 10.7 Å². The average Bonchev–Trinajstić information content (AvgIpc) is 2.80. The number of benzene rings is 1. The quantitative estimate of drug-likeness (QED) is 0.590. The Morgan fingerprint density at radius 2 is 2.00 bits per heavy atom. The molecular formula is C14H14N2NaO4S. The minimum Gasteiger partial charge on any atom is -0.495 e. The number of hydrogen-bond acceptors (Lipinski definition) is 5. The number of amides is 1. The van der Waals surface area contributed by atoms with E-state index in [1.165, 1.54) is 24.5 Å². The molecule has 1 amide bonds. The van der Waals surface area contributed by atoms with E-state index in [9.17, 15) is 9.59 Å². The second-order valence-electron chi connectivity index (χ2n) is 4.28. The molecule has 22 heavy (non-hydrogen) atoms. The van der Waals surface area contributed by atoms with Gasteiger partial charge in [-0.05, 0) is 25.1 Å². The van der Waals surface area contributed by atoms with Crippen molar-refractivity contribution in [2.75, 3.05) is 18.2 Å². The van der Waals surface area contributed by atoms with Crippen LogP contribution in [0.15, 0.2) is 24.3 Å². The molecule has 1 radical (unpaired) electrons. The van der Waals surface area contributed by atoms with Gasteiger partial charge in [-0.15, -0.1) is 11.3 Å². The monoisotopic (exact) mass is 329 g/mol. The Hall–Kier alpha value is -1.54. The first-order chi connectivity index (χ1) is 9.93. The Morgan fingerprint density at radius 3 is 2.59 bits per heavy atom. The van der Waals surface area contributed by atoms with Crippen molar-refractivity contribution in [3.8, 4) is 5.75 Å². The van der Waals surface area contributed by atoms with Crippen molar-refractivity contribution in [3.05, 3.63) is 40.3 Å². The van der Waals surface area contributed by atoms with E-state index in [2.05, 4.69) is 5.32 Å². The van der Waals surface area contributed by atoms with Gasteiger partial charge in [0.1, 0.15) is 10.8 Å². The van der Waals surface area contributed by atoms with Gasteiger partial charge in [0.2, 0.25) is 0 Å². The van der Waals surface area contributed by atoms with Crippen LogP contribution in [0.2, 0.25) is 0 Å². The number of carbonyl (C=O) groups excluding carboxylic acids is 1. The van der Waals surface area contributed by atoms with Crippen molar-refractivity contribution in [1.82, 2.24) is 0 Å². The van der Waals surface area contributed by atoms with Gasteiger partial charge in [-0.3, -0.25) is 4.79 Å². The summed E-state index contributed by atoms with van der Waals surface area (Å²) >= 11 is 1.20. The number of para-hydroxylation sites is 1. The summed E-state index contributed by atoms with van der Waals surface area (Å²) in [4.78, 5) is 24.2. The number of ether oxygens (including phenoxy) is 1. The molecule has 0 aliphatic rings. The van der Waals surface area contributed by atoms with Crippen molar-refractivity contribution in [3.63, 3.8) is 0 Å². The molecule has 1 aromatic carbocycles. The molecule has 0 aliphatic heterocycles. The molecule has 111 valence electrons. The van der Waals surface area contributed by atoms with Crippen LogP contribution in [0.5, 0.6) is 5.75 Å². The second kappa shape index (κ2) is 7.64. The van der Waals surface area contributed by atoms with Crippen LogP contribution in [0, 0.1) is 6.92 Å². The van der Waals surface area contributed by atoms with Gasteiger partial charge < -0.3 is 20.9 Å². The number of nitrogens with two attached hydrogens (primary N) is 1. The molecule has 1 heterocycles. The summed E-state index contributed by atoms with van der Waals surface area (Å²) in [6.07, 6.45) is 0. The predicted octanol–water partition coefficient (Wildman–Crippen LogP) is 2.22. The van der Waals surface area contributed by atoms with Crippen LogP contribution < -0.4 is 15.8 Å². The molecular weight excluding hydrogens is 315 g/mol. The molecule has 0 fully saturated rings. The van der Waals surface area contributed by atoms with Crippen LogP contribution in [0.25, 0.3) is 0 Å². The van der Waals surface area contributed by atoms with E-state index in [4.69, 9.17) is 15.6 Å². The van der Waals surface area contributed by atoms with Crippen molar-refractivity contribution < 1.29 is 19.4 Å². The summed E-state index contributed by atoms with van der Waals surface area (Å²) in [6, 6.07) is 6.34. The van der Waals surface area contributed by atoms with Gasteiger partial charge in [-0.25, -0.2) is 4.79 Å². The molecule has 1 aromatic heterocycles. The fraction of sp³-hybridized carbons (Fsp3) is 0.143. The standard InChI is InChI=1S/C14H14N2O4S.Na/c1-7-6-9(14(18)19)13(21-7)16-12(17)8-4-3-5-10(20-2)11(8)15;/h3-6H,15H2,1-2H3,(H,16,17)(H,18,19);. The average molecular weight is 329 g/mol. The van der Waals surface area contributed by atoms with E-state index in [0.29, 0.717) is 5.75 Å². The maximum absolute atomic E-state index is 12.3. The molecule has 0 bridgehead atoms. The molecule has 6 nitrogen and oxygen atoms in total. The van der Waals surface area contributed by atoms with Crippen molar-refractivity contribution in [2.24, 2.45) is 0 Å². The van der Waals surface area contributed by atoms with Gasteiger partial charge in [0.05, 0.1) is 23.9 Å². The minimum absolute atomic E-state index is 0. The fourth-order valence-corrected chi connectivity index (χ4v) is 2.76. The molecule has 0 unspecified atom stereocenters. The first kappa shape index (κ1) is 18.5. The number of nitrogen functional groups attached to an aromatic ring is 1. The molecule has 0 aliphatic carbocycles. The largest absolute Gasteiger partial charge is 0.495 e. The van der Waals surface area contributed by atoms with Gasteiger partial charge in [-0.2, -0.15) is 0 Å². The number of nitrogens with one attached hydrogen (secondary N) is 1. The zero-order valence-corrected chi connectivity index (χ0v) is 15.3. The van der Waals surface area contributed by atoms with E-state index in [1.807, 2.05) is 0 Å². The third-order valence-corrected chi connectivity index (χ3v) is 3.81. The normalized spacial score (nSPS) is 9.73. The molecule has 2 rings (SSSR count). The number of methoxy groups -OCH3 is 1. The molecule has 0 saturated carbocycles. The molecule has 4 N–H and O–H groups in total. The molecule has 2 aromatic rings. The van der Waals surface area contributed by atoms with Gasteiger partial charge in [0.25, 0.3) is 5.91 Å². The molecule has 0 spiro atoms. The van der Waals surface area contributed by atoms with E-state index >= 15 is 0 Å². The van der Waals surface area contributed by atoms with Crippen LogP contribution >= 0.6 is 11.3 Å². The number of aryl methyl sites for hydroxylation is 1. The first-order valence-electron chi connectivity index (χ1n) is 6.01. The Bertz CT molecular complexity index is 715. The van der Waals surface area contributed by atoms with E-state index < -0.39 is 11.9 Å². The minimum atomic E-state index is -1.09. The van der Waals surface area contributed by atoms with Crippen LogP contribution in [-0.2, 0) is 0 Å². The number of carbonyl (C=O) groups is 2. The zero-order valence-electron chi connectivity index (χ0n) is 12.5. The van der Waals surface area contributed by atoms with Gasteiger partial charge in [0.15, 0.2) is 0 Å². The van der Waals surface area contributed by atoms with E-state index in [1.54, 1.807) is 25.1 Å². The van der Waals surface area contributed by atoms with Crippen LogP contribution in [-0.4, -0.2) is 53.7 Å². The van der Waals surface area contributed by atoms with Gasteiger partial charge >= 0.3 is 5.97 Å². The van der Waals surface area contributed by atoms with Crippen LogP contribution in [0.3, 0.4) is 0 Å². The zero-order chi connectivity index (χ0) is 15.6. The SMILES string of the molecule is COc1cccc(C(=O)Nc2sc(C)cc2C(=O)O)c1N.[Na]. The third-order valence-electron chi connectivity index (χ3n) is 2.84. The summed E-state index contributed by atoms with van der Waals surface area (Å²) in [6.45, 7) is 1.77. The Morgan fingerprint density at radius 1 is 1.32 bits per heavy atom. The summed E-state index contributed by atoms with van der Waals surface area (Å²) in [5.41, 5.74) is 6.36. The van der Waals surface area contributed by atoms with E-state index in [-0.39, 0.29) is 51.4 Å². The number of thiophene rings is 1. The number of aromatic carboxylic acids is 1. The summed E-state index contributed by atoms with van der Waals surface area (Å²) in [5.74, 6) is -1.17. The number of hydrogen-bond donors (Lipinski definition) is 3. The van der Waals surface area contributed by atoms with Gasteiger partial charge in [0, 0.05) is 34.4 Å². The number of anilines is 2. The van der Waals surface area contributed by atoms with Crippen molar-refractivity contribution in [1.29, 1.82) is 0 Å².